The average Bonchev–Trinajstić information content (AvgIpc) is 3.12. The fourth-order valence-electron chi connectivity index (χ4n) is 2.32. The fourth-order valence-corrected chi connectivity index (χ4v) is 2.32. The zero-order chi connectivity index (χ0) is 18.1. The molecule has 0 spiro atoms. The molecule has 2 aromatic rings. The summed E-state index contributed by atoms with van der Waals surface area (Å²) in [6.07, 6.45) is -2.73. The molecule has 0 aromatic carbocycles. The highest BCUT2D eigenvalue weighted by atomic mass is 19.4. The number of rotatable bonds is 5. The van der Waals surface area contributed by atoms with Gasteiger partial charge in [-0.25, -0.2) is 0 Å². The first-order valence-electron chi connectivity index (χ1n) is 7.60. The van der Waals surface area contributed by atoms with E-state index in [1.807, 2.05) is 6.92 Å². The Hall–Kier alpha value is -2.32. The van der Waals surface area contributed by atoms with E-state index in [-0.39, 0.29) is 11.7 Å². The van der Waals surface area contributed by atoms with Crippen molar-refractivity contribution in [3.8, 4) is 0 Å². The Labute approximate surface area is 137 Å². The second-order valence-electron chi connectivity index (χ2n) is 5.62. The predicted molar refractivity (Wildman–Crippen MR) is 81.1 cm³/mol. The van der Waals surface area contributed by atoms with Crippen molar-refractivity contribution in [2.24, 2.45) is 0 Å². The van der Waals surface area contributed by atoms with Gasteiger partial charge in [0.2, 0.25) is 5.91 Å². The molecule has 6 nitrogen and oxygen atoms in total. The lowest BCUT2D eigenvalue weighted by Crippen LogP contribution is -2.34. The maximum absolute atomic E-state index is 12.7. The summed E-state index contributed by atoms with van der Waals surface area (Å²) < 4.78 is 41.0. The zero-order valence-corrected chi connectivity index (χ0v) is 13.9. The van der Waals surface area contributed by atoms with Crippen molar-refractivity contribution in [1.29, 1.82) is 0 Å². The van der Waals surface area contributed by atoms with Gasteiger partial charge in [0.15, 0.2) is 5.69 Å². The van der Waals surface area contributed by atoms with Crippen LogP contribution in [0.25, 0.3) is 0 Å². The monoisotopic (exact) mass is 343 g/mol. The maximum Gasteiger partial charge on any atom is 0.435 e. The van der Waals surface area contributed by atoms with Gasteiger partial charge in [-0.2, -0.15) is 23.4 Å². The summed E-state index contributed by atoms with van der Waals surface area (Å²) in [7, 11) is 0. The smallest absolute Gasteiger partial charge is 0.346 e. The number of alkyl halides is 3. The molecule has 0 radical (unpaired) electrons. The maximum atomic E-state index is 12.7. The van der Waals surface area contributed by atoms with Gasteiger partial charge in [-0.15, -0.1) is 0 Å². The summed E-state index contributed by atoms with van der Waals surface area (Å²) in [5.41, 5.74) is -0.0483. The Morgan fingerprint density at radius 2 is 2.00 bits per heavy atom. The minimum atomic E-state index is -4.54. The first-order chi connectivity index (χ1) is 11.1. The fraction of sp³-hybridized carbons (Fsp3) is 0.533. The molecule has 1 amide bonds. The molecule has 0 aliphatic rings. The van der Waals surface area contributed by atoms with E-state index < -0.39 is 23.8 Å². The second-order valence-corrected chi connectivity index (χ2v) is 5.62. The normalized spacial score (nSPS) is 14.5. The van der Waals surface area contributed by atoms with E-state index >= 15 is 0 Å². The molecule has 2 unspecified atom stereocenters. The van der Waals surface area contributed by atoms with Crippen LogP contribution in [0.1, 0.15) is 49.9 Å². The first-order valence-corrected chi connectivity index (χ1v) is 7.60. The van der Waals surface area contributed by atoms with Crippen LogP contribution in [0.2, 0.25) is 0 Å². The molecule has 1 N–H and O–H groups in total. The summed E-state index contributed by atoms with van der Waals surface area (Å²) in [5.74, 6) is -0.423. The Balaban J connectivity index is 2.10. The lowest BCUT2D eigenvalue weighted by molar-refractivity contribution is -0.142. The third-order valence-electron chi connectivity index (χ3n) is 3.75. The number of nitrogens with one attached hydrogen (secondary N) is 1. The highest BCUT2D eigenvalue weighted by molar-refractivity contribution is 5.80. The van der Waals surface area contributed by atoms with Crippen LogP contribution in [0.5, 0.6) is 0 Å². The van der Waals surface area contributed by atoms with Gasteiger partial charge in [-0.3, -0.25) is 14.2 Å². The van der Waals surface area contributed by atoms with Gasteiger partial charge < -0.3 is 5.32 Å². The standard InChI is InChI=1S/C15H20F3N5O/c1-5-22-7-6-12(20-22)10(3)19-14(24)11(4)23-9(2)8-13(21-23)15(16,17)18/h6-8,10-11H,5H2,1-4H3,(H,19,24). The SMILES string of the molecule is CCn1ccc(C(C)NC(=O)C(C)n2nc(C(F)(F)F)cc2C)n1. The average molecular weight is 343 g/mol. The van der Waals surface area contributed by atoms with Crippen LogP contribution in [0, 0.1) is 6.92 Å². The van der Waals surface area contributed by atoms with Gasteiger partial charge in [-0.05, 0) is 39.8 Å². The number of aromatic nitrogens is 4. The van der Waals surface area contributed by atoms with Crippen molar-refractivity contribution in [3.63, 3.8) is 0 Å². The molecule has 0 saturated carbocycles. The highest BCUT2D eigenvalue weighted by Crippen LogP contribution is 2.29. The highest BCUT2D eigenvalue weighted by Gasteiger charge is 2.35. The van der Waals surface area contributed by atoms with Crippen LogP contribution in [0.4, 0.5) is 13.2 Å². The molecule has 2 heterocycles. The molecule has 2 rings (SSSR count). The molecule has 0 aliphatic carbocycles. The molecular formula is C15H20F3N5O. The molecule has 9 heteroatoms. The Bertz CT molecular complexity index is 719. The molecule has 0 fully saturated rings. The summed E-state index contributed by atoms with van der Waals surface area (Å²) >= 11 is 0. The lowest BCUT2D eigenvalue weighted by atomic mass is 10.2. The van der Waals surface area contributed by atoms with E-state index in [9.17, 15) is 18.0 Å². The van der Waals surface area contributed by atoms with Crippen molar-refractivity contribution in [2.75, 3.05) is 0 Å². The topological polar surface area (TPSA) is 64.7 Å². The largest absolute Gasteiger partial charge is 0.435 e. The molecule has 2 aromatic heterocycles. The van der Waals surface area contributed by atoms with Gasteiger partial charge in [-0.1, -0.05) is 0 Å². The number of nitrogens with zero attached hydrogens (tertiary/aromatic N) is 4. The van der Waals surface area contributed by atoms with Crippen molar-refractivity contribution in [3.05, 3.63) is 35.4 Å². The quantitative estimate of drug-likeness (QED) is 0.908. The van der Waals surface area contributed by atoms with Crippen LogP contribution in [0.3, 0.4) is 0 Å². The third kappa shape index (κ3) is 3.77. The molecular weight excluding hydrogens is 323 g/mol. The molecule has 0 aliphatic heterocycles. The predicted octanol–water partition coefficient (Wildman–Crippen LogP) is 2.87. The molecule has 24 heavy (non-hydrogen) atoms. The van der Waals surface area contributed by atoms with Crippen LogP contribution >= 0.6 is 0 Å². The van der Waals surface area contributed by atoms with E-state index in [2.05, 4.69) is 15.5 Å². The Morgan fingerprint density at radius 3 is 2.50 bits per heavy atom. The van der Waals surface area contributed by atoms with E-state index in [1.54, 1.807) is 23.9 Å². The number of hydrogen-bond acceptors (Lipinski definition) is 3. The van der Waals surface area contributed by atoms with Crippen LogP contribution in [-0.2, 0) is 17.5 Å². The molecule has 0 saturated heterocycles. The van der Waals surface area contributed by atoms with Gasteiger partial charge in [0.1, 0.15) is 6.04 Å². The number of halogens is 3. The van der Waals surface area contributed by atoms with E-state index in [4.69, 9.17) is 0 Å². The van der Waals surface area contributed by atoms with Gasteiger partial charge in [0.25, 0.3) is 0 Å². The number of carbonyl (C=O) groups excluding carboxylic acids is 1. The van der Waals surface area contributed by atoms with Crippen molar-refractivity contribution in [1.82, 2.24) is 24.9 Å². The second kappa shape index (κ2) is 6.66. The van der Waals surface area contributed by atoms with E-state index in [0.717, 1.165) is 10.7 Å². The van der Waals surface area contributed by atoms with Gasteiger partial charge >= 0.3 is 6.18 Å². The van der Waals surface area contributed by atoms with Crippen molar-refractivity contribution in [2.45, 2.75) is 52.5 Å². The third-order valence-corrected chi connectivity index (χ3v) is 3.75. The molecule has 2 atom stereocenters. The van der Waals surface area contributed by atoms with Crippen molar-refractivity contribution >= 4 is 5.91 Å². The van der Waals surface area contributed by atoms with E-state index in [0.29, 0.717) is 12.2 Å². The van der Waals surface area contributed by atoms with Crippen LogP contribution < -0.4 is 5.32 Å². The molecule has 0 bridgehead atoms. The summed E-state index contributed by atoms with van der Waals surface area (Å²) in [4.78, 5) is 12.3. The Morgan fingerprint density at radius 1 is 1.33 bits per heavy atom. The summed E-state index contributed by atoms with van der Waals surface area (Å²) in [5, 5.41) is 10.6. The zero-order valence-electron chi connectivity index (χ0n) is 13.9. The van der Waals surface area contributed by atoms with Gasteiger partial charge in [0.05, 0.1) is 11.7 Å². The Kier molecular flexibility index (Phi) is 5.00. The van der Waals surface area contributed by atoms with E-state index in [1.165, 1.54) is 13.8 Å². The number of hydrogen-bond donors (Lipinski definition) is 1. The number of aryl methyl sites for hydroxylation is 2. The first kappa shape index (κ1) is 18.0. The lowest BCUT2D eigenvalue weighted by Gasteiger charge is -2.17. The van der Waals surface area contributed by atoms with Gasteiger partial charge in [0, 0.05) is 18.4 Å². The van der Waals surface area contributed by atoms with Crippen LogP contribution in [0.15, 0.2) is 18.3 Å². The minimum Gasteiger partial charge on any atom is -0.346 e. The van der Waals surface area contributed by atoms with Crippen molar-refractivity contribution < 1.29 is 18.0 Å². The summed E-state index contributed by atoms with van der Waals surface area (Å²) in [6.45, 7) is 7.42. The number of amides is 1. The number of carbonyl (C=O) groups is 1. The van der Waals surface area contributed by atoms with Crippen LogP contribution in [-0.4, -0.2) is 25.5 Å². The minimum absolute atomic E-state index is 0.271. The molecule has 132 valence electrons. The summed E-state index contributed by atoms with van der Waals surface area (Å²) in [6, 6.07) is 1.50.